The van der Waals surface area contributed by atoms with Crippen LogP contribution in [-0.2, 0) is 6.54 Å². The largest absolute Gasteiger partial charge is 0.309 e. The minimum atomic E-state index is -0.360. The molecule has 0 saturated carbocycles. The first-order valence-electron chi connectivity index (χ1n) is 5.31. The molecule has 0 amide bonds. The number of rotatable bonds is 5. The second kappa shape index (κ2) is 6.18. The topological polar surface area (TPSA) is 15.3 Å². The lowest BCUT2D eigenvalue weighted by molar-refractivity contribution is 0.349. The zero-order valence-corrected chi connectivity index (χ0v) is 10.7. The van der Waals surface area contributed by atoms with E-state index in [0.29, 0.717) is 12.6 Å². The number of halogens is 2. The van der Waals surface area contributed by atoms with Crippen LogP contribution in [0.15, 0.2) is 18.2 Å². The number of nitrogens with zero attached hydrogens (tertiary/aromatic N) is 1. The van der Waals surface area contributed by atoms with Crippen LogP contribution in [0.5, 0.6) is 0 Å². The van der Waals surface area contributed by atoms with Gasteiger partial charge in [-0.05, 0) is 38.7 Å². The third kappa shape index (κ3) is 4.47. The lowest BCUT2D eigenvalue weighted by Crippen LogP contribution is -2.35. The van der Waals surface area contributed by atoms with Crippen molar-refractivity contribution in [2.75, 3.05) is 20.6 Å². The molecular weight excluding hydrogens is 227 g/mol. The number of benzene rings is 1. The van der Waals surface area contributed by atoms with Crippen LogP contribution in [0, 0.1) is 5.82 Å². The molecule has 90 valence electrons. The Morgan fingerprint density at radius 1 is 1.44 bits per heavy atom. The quantitative estimate of drug-likeness (QED) is 0.856. The van der Waals surface area contributed by atoms with Crippen LogP contribution >= 0.6 is 11.6 Å². The maximum Gasteiger partial charge on any atom is 0.142 e. The van der Waals surface area contributed by atoms with Gasteiger partial charge in [0.25, 0.3) is 0 Å². The van der Waals surface area contributed by atoms with Crippen molar-refractivity contribution in [2.45, 2.75) is 19.5 Å². The van der Waals surface area contributed by atoms with Crippen molar-refractivity contribution in [1.82, 2.24) is 10.2 Å². The molecule has 0 fully saturated rings. The Bertz CT molecular complexity index is 342. The van der Waals surface area contributed by atoms with Crippen LogP contribution in [0.1, 0.15) is 12.5 Å². The summed E-state index contributed by atoms with van der Waals surface area (Å²) in [7, 11) is 4.06. The zero-order chi connectivity index (χ0) is 12.1. The second-order valence-electron chi connectivity index (χ2n) is 4.29. The SMILES string of the molecule is CC(CN(C)C)NCc1ccc(Cl)c(F)c1. The Hall–Kier alpha value is -0.640. The van der Waals surface area contributed by atoms with E-state index in [9.17, 15) is 4.39 Å². The fourth-order valence-corrected chi connectivity index (χ4v) is 1.67. The average Bonchev–Trinajstić information content (AvgIpc) is 2.19. The fourth-order valence-electron chi connectivity index (χ4n) is 1.55. The lowest BCUT2D eigenvalue weighted by Gasteiger charge is -2.18. The molecule has 1 rings (SSSR count). The summed E-state index contributed by atoms with van der Waals surface area (Å²) in [6.07, 6.45) is 0. The van der Waals surface area contributed by atoms with Crippen LogP contribution in [0.25, 0.3) is 0 Å². The van der Waals surface area contributed by atoms with E-state index in [-0.39, 0.29) is 10.8 Å². The zero-order valence-electron chi connectivity index (χ0n) is 9.93. The van der Waals surface area contributed by atoms with Gasteiger partial charge in [-0.3, -0.25) is 0 Å². The van der Waals surface area contributed by atoms with Gasteiger partial charge in [-0.15, -0.1) is 0 Å². The maximum absolute atomic E-state index is 13.1. The summed E-state index contributed by atoms with van der Waals surface area (Å²) in [5.41, 5.74) is 0.910. The number of hydrogen-bond donors (Lipinski definition) is 1. The highest BCUT2D eigenvalue weighted by atomic mass is 35.5. The van der Waals surface area contributed by atoms with E-state index in [4.69, 9.17) is 11.6 Å². The van der Waals surface area contributed by atoms with Crippen LogP contribution in [0.2, 0.25) is 5.02 Å². The summed E-state index contributed by atoms with van der Waals surface area (Å²) in [6.45, 7) is 3.71. The normalized spacial score (nSPS) is 13.1. The number of nitrogens with one attached hydrogen (secondary N) is 1. The van der Waals surface area contributed by atoms with Gasteiger partial charge in [-0.2, -0.15) is 0 Å². The first-order valence-corrected chi connectivity index (χ1v) is 5.69. The van der Waals surface area contributed by atoms with E-state index < -0.39 is 0 Å². The minimum absolute atomic E-state index is 0.171. The molecule has 0 aliphatic rings. The van der Waals surface area contributed by atoms with Crippen LogP contribution in [0.3, 0.4) is 0 Å². The highest BCUT2D eigenvalue weighted by Gasteiger charge is 2.04. The molecule has 1 unspecified atom stereocenters. The molecule has 1 aromatic rings. The molecule has 0 aliphatic heterocycles. The molecule has 0 spiro atoms. The van der Waals surface area contributed by atoms with Gasteiger partial charge in [0, 0.05) is 19.1 Å². The Labute approximate surface area is 101 Å². The van der Waals surface area contributed by atoms with Crippen LogP contribution in [0.4, 0.5) is 4.39 Å². The van der Waals surface area contributed by atoms with Gasteiger partial charge in [0.2, 0.25) is 0 Å². The van der Waals surface area contributed by atoms with E-state index in [1.807, 2.05) is 20.2 Å². The van der Waals surface area contributed by atoms with Gasteiger partial charge in [0.1, 0.15) is 5.82 Å². The van der Waals surface area contributed by atoms with E-state index in [2.05, 4.69) is 17.1 Å². The summed E-state index contributed by atoms with van der Waals surface area (Å²) in [6, 6.07) is 5.26. The summed E-state index contributed by atoms with van der Waals surface area (Å²) in [5.74, 6) is -0.360. The van der Waals surface area contributed by atoms with Gasteiger partial charge in [-0.25, -0.2) is 4.39 Å². The maximum atomic E-state index is 13.1. The molecule has 4 heteroatoms. The van der Waals surface area contributed by atoms with E-state index in [1.165, 1.54) is 6.07 Å². The van der Waals surface area contributed by atoms with Gasteiger partial charge < -0.3 is 10.2 Å². The molecule has 0 heterocycles. The van der Waals surface area contributed by atoms with Gasteiger partial charge in [-0.1, -0.05) is 17.7 Å². The Morgan fingerprint density at radius 3 is 2.69 bits per heavy atom. The predicted octanol–water partition coefficient (Wildman–Crippen LogP) is 2.52. The van der Waals surface area contributed by atoms with Crippen molar-refractivity contribution >= 4 is 11.6 Å². The van der Waals surface area contributed by atoms with Crippen molar-refractivity contribution in [3.8, 4) is 0 Å². The predicted molar refractivity (Wildman–Crippen MR) is 66.3 cm³/mol. The molecule has 0 aromatic heterocycles. The third-order valence-electron chi connectivity index (χ3n) is 2.28. The third-order valence-corrected chi connectivity index (χ3v) is 2.58. The Kier molecular flexibility index (Phi) is 5.19. The van der Waals surface area contributed by atoms with Crippen molar-refractivity contribution in [3.63, 3.8) is 0 Å². The van der Waals surface area contributed by atoms with Crippen molar-refractivity contribution in [2.24, 2.45) is 0 Å². The van der Waals surface area contributed by atoms with Gasteiger partial charge in [0.15, 0.2) is 0 Å². The molecule has 0 aliphatic carbocycles. The summed E-state index contributed by atoms with van der Waals surface area (Å²) < 4.78 is 13.1. The molecule has 1 N–H and O–H groups in total. The van der Waals surface area contributed by atoms with Gasteiger partial charge >= 0.3 is 0 Å². The highest BCUT2D eigenvalue weighted by molar-refractivity contribution is 6.30. The molecule has 1 aromatic carbocycles. The summed E-state index contributed by atoms with van der Waals surface area (Å²) >= 11 is 5.61. The Balaban J connectivity index is 2.45. The van der Waals surface area contributed by atoms with E-state index in [0.717, 1.165) is 12.1 Å². The van der Waals surface area contributed by atoms with Crippen molar-refractivity contribution < 1.29 is 4.39 Å². The molecule has 0 saturated heterocycles. The Morgan fingerprint density at radius 2 is 2.12 bits per heavy atom. The molecule has 0 bridgehead atoms. The van der Waals surface area contributed by atoms with Crippen molar-refractivity contribution in [1.29, 1.82) is 0 Å². The molecule has 16 heavy (non-hydrogen) atoms. The molecule has 1 atom stereocenters. The van der Waals surface area contributed by atoms with Gasteiger partial charge in [0.05, 0.1) is 5.02 Å². The van der Waals surface area contributed by atoms with E-state index >= 15 is 0 Å². The first-order chi connectivity index (χ1) is 7.49. The van der Waals surface area contributed by atoms with Crippen LogP contribution in [-0.4, -0.2) is 31.6 Å². The highest BCUT2D eigenvalue weighted by Crippen LogP contribution is 2.15. The average molecular weight is 245 g/mol. The number of hydrogen-bond acceptors (Lipinski definition) is 2. The van der Waals surface area contributed by atoms with Crippen molar-refractivity contribution in [3.05, 3.63) is 34.6 Å². The first kappa shape index (κ1) is 13.4. The number of likely N-dealkylation sites (N-methyl/N-ethyl adjacent to an activating group) is 1. The monoisotopic (exact) mass is 244 g/mol. The second-order valence-corrected chi connectivity index (χ2v) is 4.70. The summed E-state index contributed by atoms with van der Waals surface area (Å²) in [5, 5.41) is 3.50. The minimum Gasteiger partial charge on any atom is -0.309 e. The smallest absolute Gasteiger partial charge is 0.142 e. The standard InChI is InChI=1S/C12H18ClFN2/c1-9(8-16(2)3)15-7-10-4-5-11(13)12(14)6-10/h4-6,9,15H,7-8H2,1-3H3. The molecular formula is C12H18ClFN2. The summed E-state index contributed by atoms with van der Waals surface area (Å²) in [4.78, 5) is 2.11. The molecule has 2 nitrogen and oxygen atoms in total. The van der Waals surface area contributed by atoms with E-state index in [1.54, 1.807) is 6.07 Å². The molecule has 0 radical (unpaired) electrons. The lowest BCUT2D eigenvalue weighted by atomic mass is 10.2. The fraction of sp³-hybridized carbons (Fsp3) is 0.500. The van der Waals surface area contributed by atoms with Crippen LogP contribution < -0.4 is 5.32 Å².